The van der Waals surface area contributed by atoms with E-state index in [0.717, 1.165) is 5.56 Å². The van der Waals surface area contributed by atoms with Gasteiger partial charge in [0.25, 0.3) is 0 Å². The molecule has 18 heavy (non-hydrogen) atoms. The normalized spacial score (nSPS) is 12.4. The van der Waals surface area contributed by atoms with E-state index >= 15 is 0 Å². The molecule has 2 aromatic carbocycles. The van der Waals surface area contributed by atoms with Gasteiger partial charge in [0.15, 0.2) is 0 Å². The molecule has 2 rings (SSSR count). The first-order chi connectivity index (χ1) is 8.72. The van der Waals surface area contributed by atoms with Crippen LogP contribution in [0.25, 0.3) is 0 Å². The standard InChI is InChI=1S/C14H14ClFN2/c15-12-7-4-8-13(16)11(12)9-14(18-17)10-5-2-1-3-6-10/h1-8,14,18H,9,17H2. The van der Waals surface area contributed by atoms with Gasteiger partial charge in [-0.05, 0) is 24.1 Å². The number of hydrogen-bond donors (Lipinski definition) is 2. The van der Waals surface area contributed by atoms with Gasteiger partial charge in [0, 0.05) is 10.6 Å². The van der Waals surface area contributed by atoms with Crippen LogP contribution in [-0.2, 0) is 6.42 Å². The Morgan fingerprint density at radius 2 is 1.83 bits per heavy atom. The molecule has 94 valence electrons. The molecule has 0 radical (unpaired) electrons. The number of nitrogens with one attached hydrogen (secondary N) is 1. The summed E-state index contributed by atoms with van der Waals surface area (Å²) in [4.78, 5) is 0. The molecule has 2 nitrogen and oxygen atoms in total. The summed E-state index contributed by atoms with van der Waals surface area (Å²) >= 11 is 6.01. The van der Waals surface area contributed by atoms with E-state index in [1.165, 1.54) is 6.07 Å². The van der Waals surface area contributed by atoms with Crippen molar-refractivity contribution in [3.8, 4) is 0 Å². The van der Waals surface area contributed by atoms with Gasteiger partial charge in [0.1, 0.15) is 5.82 Å². The highest BCUT2D eigenvalue weighted by molar-refractivity contribution is 6.31. The Labute approximate surface area is 111 Å². The predicted molar refractivity (Wildman–Crippen MR) is 71.6 cm³/mol. The van der Waals surface area contributed by atoms with E-state index in [-0.39, 0.29) is 11.9 Å². The molecule has 2 aromatic rings. The lowest BCUT2D eigenvalue weighted by molar-refractivity contribution is 0.529. The zero-order valence-corrected chi connectivity index (χ0v) is 10.5. The number of benzene rings is 2. The lowest BCUT2D eigenvalue weighted by Gasteiger charge is -2.17. The number of nitrogens with two attached hydrogens (primary N) is 1. The lowest BCUT2D eigenvalue weighted by atomic mass is 9.99. The van der Waals surface area contributed by atoms with E-state index in [2.05, 4.69) is 5.43 Å². The van der Waals surface area contributed by atoms with Crippen molar-refractivity contribution in [2.75, 3.05) is 0 Å². The second-order valence-electron chi connectivity index (χ2n) is 4.03. The summed E-state index contributed by atoms with van der Waals surface area (Å²) in [5, 5.41) is 0.422. The first-order valence-corrected chi connectivity index (χ1v) is 6.04. The van der Waals surface area contributed by atoms with Gasteiger partial charge in [-0.2, -0.15) is 0 Å². The van der Waals surface area contributed by atoms with Crippen LogP contribution in [0.5, 0.6) is 0 Å². The molecule has 1 unspecified atom stereocenters. The quantitative estimate of drug-likeness (QED) is 0.657. The highest BCUT2D eigenvalue weighted by atomic mass is 35.5. The summed E-state index contributed by atoms with van der Waals surface area (Å²) in [6, 6.07) is 14.2. The highest BCUT2D eigenvalue weighted by Gasteiger charge is 2.15. The maximum Gasteiger partial charge on any atom is 0.127 e. The van der Waals surface area contributed by atoms with Crippen molar-refractivity contribution in [3.05, 3.63) is 70.5 Å². The van der Waals surface area contributed by atoms with Crippen LogP contribution in [0, 0.1) is 5.82 Å². The largest absolute Gasteiger partial charge is 0.271 e. The van der Waals surface area contributed by atoms with E-state index in [1.807, 2.05) is 30.3 Å². The maximum atomic E-state index is 13.7. The molecule has 0 aliphatic heterocycles. The first-order valence-electron chi connectivity index (χ1n) is 5.66. The Balaban J connectivity index is 2.26. The third-order valence-corrected chi connectivity index (χ3v) is 3.23. The van der Waals surface area contributed by atoms with Gasteiger partial charge in [0.05, 0.1) is 6.04 Å². The number of halogens is 2. The van der Waals surface area contributed by atoms with Crippen molar-refractivity contribution in [2.45, 2.75) is 12.5 Å². The van der Waals surface area contributed by atoms with Gasteiger partial charge < -0.3 is 0 Å². The van der Waals surface area contributed by atoms with E-state index in [9.17, 15) is 4.39 Å². The third kappa shape index (κ3) is 2.88. The van der Waals surface area contributed by atoms with Crippen LogP contribution in [0.4, 0.5) is 4.39 Å². The van der Waals surface area contributed by atoms with E-state index in [1.54, 1.807) is 12.1 Å². The monoisotopic (exact) mass is 264 g/mol. The molecule has 0 spiro atoms. The molecule has 0 aliphatic carbocycles. The molecule has 0 saturated carbocycles. The van der Waals surface area contributed by atoms with Crippen LogP contribution >= 0.6 is 11.6 Å². The van der Waals surface area contributed by atoms with Crippen LogP contribution in [0.1, 0.15) is 17.2 Å². The molecule has 1 atom stereocenters. The minimum Gasteiger partial charge on any atom is -0.271 e. The summed E-state index contributed by atoms with van der Waals surface area (Å²) < 4.78 is 13.7. The fourth-order valence-electron chi connectivity index (χ4n) is 1.89. The van der Waals surface area contributed by atoms with Crippen molar-refractivity contribution >= 4 is 11.6 Å². The van der Waals surface area contributed by atoms with E-state index in [4.69, 9.17) is 17.4 Å². The molecule has 0 heterocycles. The number of rotatable bonds is 4. The van der Waals surface area contributed by atoms with Crippen LogP contribution in [-0.4, -0.2) is 0 Å². The van der Waals surface area contributed by atoms with Crippen molar-refractivity contribution in [2.24, 2.45) is 5.84 Å². The van der Waals surface area contributed by atoms with Crippen LogP contribution < -0.4 is 11.3 Å². The van der Waals surface area contributed by atoms with Gasteiger partial charge in [-0.1, -0.05) is 48.0 Å². The van der Waals surface area contributed by atoms with Crippen LogP contribution in [0.3, 0.4) is 0 Å². The summed E-state index contributed by atoms with van der Waals surface area (Å²) in [6.07, 6.45) is 0.409. The average molecular weight is 265 g/mol. The molecule has 3 N–H and O–H groups in total. The van der Waals surface area contributed by atoms with Gasteiger partial charge >= 0.3 is 0 Å². The second-order valence-corrected chi connectivity index (χ2v) is 4.44. The lowest BCUT2D eigenvalue weighted by Crippen LogP contribution is -2.29. The molecule has 0 bridgehead atoms. The molecular formula is C14H14ClFN2. The SMILES string of the molecule is NNC(Cc1c(F)cccc1Cl)c1ccccc1. The molecule has 4 heteroatoms. The Bertz CT molecular complexity index is 496. The summed E-state index contributed by atoms with van der Waals surface area (Å²) in [6.45, 7) is 0. The second kappa shape index (κ2) is 5.96. The minimum absolute atomic E-state index is 0.166. The fraction of sp³-hybridized carbons (Fsp3) is 0.143. The van der Waals surface area contributed by atoms with Crippen molar-refractivity contribution < 1.29 is 4.39 Å². The Kier molecular flexibility index (Phi) is 4.31. The minimum atomic E-state index is -0.307. The Morgan fingerprint density at radius 1 is 1.11 bits per heavy atom. The van der Waals surface area contributed by atoms with Crippen molar-refractivity contribution in [3.63, 3.8) is 0 Å². The van der Waals surface area contributed by atoms with Crippen molar-refractivity contribution in [1.82, 2.24) is 5.43 Å². The topological polar surface area (TPSA) is 38.0 Å². The molecule has 0 amide bonds. The molecule has 0 fully saturated rings. The van der Waals surface area contributed by atoms with Gasteiger partial charge in [-0.15, -0.1) is 0 Å². The Morgan fingerprint density at radius 3 is 2.44 bits per heavy atom. The maximum absolute atomic E-state index is 13.7. The number of hydrogen-bond acceptors (Lipinski definition) is 2. The zero-order valence-electron chi connectivity index (χ0n) is 9.74. The summed E-state index contributed by atoms with van der Waals surface area (Å²) in [5.74, 6) is 5.23. The molecule has 0 aliphatic rings. The predicted octanol–water partition coefficient (Wildman–Crippen LogP) is 3.23. The third-order valence-electron chi connectivity index (χ3n) is 2.87. The summed E-state index contributed by atoms with van der Waals surface area (Å²) in [7, 11) is 0. The fourth-order valence-corrected chi connectivity index (χ4v) is 2.13. The molecule has 0 aromatic heterocycles. The molecule has 0 saturated heterocycles. The van der Waals surface area contributed by atoms with Crippen LogP contribution in [0.2, 0.25) is 5.02 Å². The number of hydrazine groups is 1. The molecular weight excluding hydrogens is 251 g/mol. The van der Waals surface area contributed by atoms with E-state index < -0.39 is 0 Å². The first kappa shape index (κ1) is 13.0. The van der Waals surface area contributed by atoms with Gasteiger partial charge in [-0.3, -0.25) is 11.3 Å². The summed E-state index contributed by atoms with van der Waals surface area (Å²) in [5.41, 5.74) is 4.17. The zero-order chi connectivity index (χ0) is 13.0. The average Bonchev–Trinajstić information content (AvgIpc) is 2.40. The van der Waals surface area contributed by atoms with E-state index in [0.29, 0.717) is 17.0 Å². The van der Waals surface area contributed by atoms with Gasteiger partial charge in [0.2, 0.25) is 0 Å². The Hall–Kier alpha value is -1.42. The van der Waals surface area contributed by atoms with Crippen LogP contribution in [0.15, 0.2) is 48.5 Å². The van der Waals surface area contributed by atoms with Crippen molar-refractivity contribution in [1.29, 1.82) is 0 Å². The smallest absolute Gasteiger partial charge is 0.127 e. The van der Waals surface area contributed by atoms with Gasteiger partial charge in [-0.25, -0.2) is 4.39 Å². The highest BCUT2D eigenvalue weighted by Crippen LogP contribution is 2.25.